The van der Waals surface area contributed by atoms with E-state index in [2.05, 4.69) is 0 Å². The zero-order chi connectivity index (χ0) is 26.4. The third kappa shape index (κ3) is 4.35. The van der Waals surface area contributed by atoms with E-state index in [-0.39, 0.29) is 22.5 Å². The predicted octanol–water partition coefficient (Wildman–Crippen LogP) is 5.94. The van der Waals surface area contributed by atoms with E-state index in [1.54, 1.807) is 37.4 Å². The number of methoxy groups -OCH3 is 1. The van der Waals surface area contributed by atoms with Gasteiger partial charge in [-0.15, -0.1) is 0 Å². The number of amides is 1. The molecule has 0 aromatic heterocycles. The second-order valence-electron chi connectivity index (χ2n) is 10.2. The molecule has 6 nitrogen and oxygen atoms in total. The van der Waals surface area contributed by atoms with E-state index < -0.39 is 17.7 Å². The summed E-state index contributed by atoms with van der Waals surface area (Å²) in [5.41, 5.74) is 4.03. The molecule has 36 heavy (non-hydrogen) atoms. The van der Waals surface area contributed by atoms with Crippen molar-refractivity contribution >= 4 is 23.1 Å². The van der Waals surface area contributed by atoms with E-state index in [0.717, 1.165) is 16.7 Å². The number of Topliss-reactive ketones (excluding diaryl/α,β-unsaturated/α-hetero) is 1. The second-order valence-corrected chi connectivity index (χ2v) is 10.2. The van der Waals surface area contributed by atoms with Crippen molar-refractivity contribution < 1.29 is 24.5 Å². The number of hydrogen-bond acceptors (Lipinski definition) is 5. The number of aromatic hydroxyl groups is 1. The summed E-state index contributed by atoms with van der Waals surface area (Å²) in [6.07, 6.45) is 0. The number of phenolic OH excluding ortho intramolecular Hbond substituents is 1. The fourth-order valence-electron chi connectivity index (χ4n) is 4.73. The van der Waals surface area contributed by atoms with Gasteiger partial charge in [-0.2, -0.15) is 0 Å². The van der Waals surface area contributed by atoms with Gasteiger partial charge in [-0.1, -0.05) is 50.6 Å². The van der Waals surface area contributed by atoms with Gasteiger partial charge < -0.3 is 14.9 Å². The summed E-state index contributed by atoms with van der Waals surface area (Å²) in [7, 11) is 1.59. The number of benzene rings is 3. The van der Waals surface area contributed by atoms with Gasteiger partial charge in [0, 0.05) is 16.8 Å². The van der Waals surface area contributed by atoms with Crippen molar-refractivity contribution in [2.45, 2.75) is 46.1 Å². The summed E-state index contributed by atoms with van der Waals surface area (Å²) in [5, 5.41) is 21.4. The number of ether oxygens (including phenoxy) is 1. The Morgan fingerprint density at radius 1 is 0.944 bits per heavy atom. The van der Waals surface area contributed by atoms with Crippen LogP contribution in [0.25, 0.3) is 5.76 Å². The first-order valence-corrected chi connectivity index (χ1v) is 11.8. The summed E-state index contributed by atoms with van der Waals surface area (Å²) in [4.78, 5) is 28.3. The molecule has 1 heterocycles. The smallest absolute Gasteiger partial charge is 0.300 e. The summed E-state index contributed by atoms with van der Waals surface area (Å²) in [5.74, 6) is -1.01. The Morgan fingerprint density at radius 3 is 2.19 bits per heavy atom. The average molecular weight is 486 g/mol. The second kappa shape index (κ2) is 9.19. The number of anilines is 1. The first kappa shape index (κ1) is 25.0. The van der Waals surface area contributed by atoms with Crippen LogP contribution < -0.4 is 9.64 Å². The Kier molecular flexibility index (Phi) is 6.39. The molecule has 2 N–H and O–H groups in total. The third-order valence-electron chi connectivity index (χ3n) is 6.55. The molecular weight excluding hydrogens is 454 g/mol. The molecule has 0 radical (unpaired) electrons. The fraction of sp³-hybridized carbons (Fsp3) is 0.267. The Bertz CT molecular complexity index is 1380. The molecular formula is C30H31NO5. The van der Waals surface area contributed by atoms with Crippen LogP contribution in [0, 0.1) is 13.8 Å². The summed E-state index contributed by atoms with van der Waals surface area (Å²) >= 11 is 0. The Labute approximate surface area is 211 Å². The minimum absolute atomic E-state index is 0.00399. The van der Waals surface area contributed by atoms with Crippen molar-refractivity contribution in [1.29, 1.82) is 0 Å². The lowest BCUT2D eigenvalue weighted by Crippen LogP contribution is -2.30. The van der Waals surface area contributed by atoms with Gasteiger partial charge in [-0.05, 0) is 66.8 Å². The van der Waals surface area contributed by atoms with Crippen LogP contribution in [0.3, 0.4) is 0 Å². The first-order chi connectivity index (χ1) is 16.9. The molecule has 1 fully saturated rings. The van der Waals surface area contributed by atoms with Crippen LogP contribution in [0.4, 0.5) is 5.69 Å². The number of rotatable bonds is 4. The maximum absolute atomic E-state index is 13.5. The molecule has 186 valence electrons. The number of ketones is 1. The number of carbonyl (C=O) groups excluding carboxylic acids is 2. The van der Waals surface area contributed by atoms with Crippen LogP contribution in [0.5, 0.6) is 11.5 Å². The van der Waals surface area contributed by atoms with Gasteiger partial charge in [0.15, 0.2) is 0 Å². The Morgan fingerprint density at radius 2 is 1.61 bits per heavy atom. The van der Waals surface area contributed by atoms with Crippen molar-refractivity contribution in [3.8, 4) is 11.5 Å². The van der Waals surface area contributed by atoms with Crippen molar-refractivity contribution in [3.05, 3.63) is 94.1 Å². The van der Waals surface area contributed by atoms with Gasteiger partial charge >= 0.3 is 0 Å². The van der Waals surface area contributed by atoms with Gasteiger partial charge in [0.1, 0.15) is 17.3 Å². The van der Waals surface area contributed by atoms with Crippen LogP contribution in [-0.4, -0.2) is 29.0 Å². The van der Waals surface area contributed by atoms with E-state index in [0.29, 0.717) is 22.6 Å². The van der Waals surface area contributed by atoms with Gasteiger partial charge in [0.2, 0.25) is 0 Å². The van der Waals surface area contributed by atoms with Gasteiger partial charge in [-0.3, -0.25) is 14.5 Å². The van der Waals surface area contributed by atoms with E-state index in [1.165, 1.54) is 17.0 Å². The Hall–Kier alpha value is -4.06. The molecule has 1 amide bonds. The maximum atomic E-state index is 13.5. The molecule has 0 aliphatic carbocycles. The molecule has 1 atom stereocenters. The predicted molar refractivity (Wildman–Crippen MR) is 140 cm³/mol. The molecule has 1 aliphatic heterocycles. The summed E-state index contributed by atoms with van der Waals surface area (Å²) in [6, 6.07) is 16.3. The number of aliphatic hydroxyl groups excluding tert-OH is 1. The zero-order valence-electron chi connectivity index (χ0n) is 21.4. The molecule has 1 aliphatic rings. The minimum atomic E-state index is -0.868. The zero-order valence-corrected chi connectivity index (χ0v) is 21.4. The van der Waals surface area contributed by atoms with Gasteiger partial charge in [0.25, 0.3) is 11.7 Å². The van der Waals surface area contributed by atoms with Crippen LogP contribution in [-0.2, 0) is 15.0 Å². The van der Waals surface area contributed by atoms with E-state index in [9.17, 15) is 19.8 Å². The Balaban J connectivity index is 1.98. The number of carbonyl (C=O) groups is 2. The standard InChI is InChI=1S/C30H31NO5/c1-17-7-13-23(18(2)15-17)31-26(19-8-11-21(32)12-9-19)25(28(34)29(31)35)27(33)20-10-14-24(36-6)22(16-20)30(3,4)5/h7-16,26,32-33H,1-6H3/b27-25-. The molecule has 1 unspecified atom stereocenters. The summed E-state index contributed by atoms with van der Waals surface area (Å²) < 4.78 is 5.52. The molecule has 0 spiro atoms. The van der Waals surface area contributed by atoms with Crippen molar-refractivity contribution in [1.82, 2.24) is 0 Å². The highest BCUT2D eigenvalue weighted by Crippen LogP contribution is 2.44. The lowest BCUT2D eigenvalue weighted by Gasteiger charge is -2.27. The van der Waals surface area contributed by atoms with Gasteiger partial charge in [0.05, 0.1) is 18.7 Å². The first-order valence-electron chi connectivity index (χ1n) is 11.8. The van der Waals surface area contributed by atoms with Crippen molar-refractivity contribution in [2.24, 2.45) is 0 Å². The minimum Gasteiger partial charge on any atom is -0.508 e. The highest BCUT2D eigenvalue weighted by Gasteiger charge is 2.47. The monoisotopic (exact) mass is 485 g/mol. The molecule has 0 bridgehead atoms. The average Bonchev–Trinajstić information content (AvgIpc) is 3.08. The lowest BCUT2D eigenvalue weighted by atomic mass is 9.84. The summed E-state index contributed by atoms with van der Waals surface area (Å²) in [6.45, 7) is 9.94. The normalized spacial score (nSPS) is 17.5. The van der Waals surface area contributed by atoms with Crippen LogP contribution in [0.1, 0.15) is 54.6 Å². The van der Waals surface area contributed by atoms with Crippen LogP contribution >= 0.6 is 0 Å². The van der Waals surface area contributed by atoms with E-state index >= 15 is 0 Å². The van der Waals surface area contributed by atoms with Crippen molar-refractivity contribution in [3.63, 3.8) is 0 Å². The van der Waals surface area contributed by atoms with Crippen LogP contribution in [0.2, 0.25) is 0 Å². The molecule has 6 heteroatoms. The molecule has 3 aromatic carbocycles. The number of aliphatic hydroxyl groups is 1. The van der Waals surface area contributed by atoms with E-state index in [4.69, 9.17) is 4.74 Å². The van der Waals surface area contributed by atoms with Crippen molar-refractivity contribution in [2.75, 3.05) is 12.0 Å². The number of phenols is 1. The van der Waals surface area contributed by atoms with Gasteiger partial charge in [-0.25, -0.2) is 0 Å². The highest BCUT2D eigenvalue weighted by atomic mass is 16.5. The van der Waals surface area contributed by atoms with Crippen LogP contribution in [0.15, 0.2) is 66.2 Å². The topological polar surface area (TPSA) is 87.1 Å². The molecule has 4 rings (SSSR count). The molecule has 3 aromatic rings. The maximum Gasteiger partial charge on any atom is 0.300 e. The molecule has 0 saturated carbocycles. The van der Waals surface area contributed by atoms with E-state index in [1.807, 2.05) is 52.8 Å². The lowest BCUT2D eigenvalue weighted by molar-refractivity contribution is -0.132. The number of aryl methyl sites for hydroxylation is 2. The highest BCUT2D eigenvalue weighted by molar-refractivity contribution is 6.51. The number of nitrogens with zero attached hydrogens (tertiary/aromatic N) is 1. The fourth-order valence-corrected chi connectivity index (χ4v) is 4.73. The quantitative estimate of drug-likeness (QED) is 0.271. The largest absolute Gasteiger partial charge is 0.508 e. The third-order valence-corrected chi connectivity index (χ3v) is 6.55. The molecule has 1 saturated heterocycles. The SMILES string of the molecule is COc1ccc(/C(O)=C2/C(=O)C(=O)N(c3ccc(C)cc3C)C2c2ccc(O)cc2)cc1C(C)(C)C. The number of hydrogen-bond donors (Lipinski definition) is 2.